The minimum atomic E-state index is -0.387. The lowest BCUT2D eigenvalue weighted by Gasteiger charge is -2.35. The number of hydroxylamine groups is 1. The molecule has 5 rings (SSSR count). The molecule has 3 fully saturated rings. The van der Waals surface area contributed by atoms with Gasteiger partial charge in [-0.15, -0.1) is 15.2 Å². The fourth-order valence-corrected chi connectivity index (χ4v) is 6.16. The van der Waals surface area contributed by atoms with Gasteiger partial charge in [0.1, 0.15) is 11.8 Å². The van der Waals surface area contributed by atoms with Crippen LogP contribution in [0.15, 0.2) is 24.3 Å². The van der Waals surface area contributed by atoms with E-state index in [1.807, 2.05) is 26.8 Å². The van der Waals surface area contributed by atoms with Crippen molar-refractivity contribution in [1.29, 1.82) is 5.26 Å². The van der Waals surface area contributed by atoms with Gasteiger partial charge < -0.3 is 25.6 Å². The number of hydrogen-bond donors (Lipinski definition) is 3. The molecule has 2 saturated heterocycles. The highest BCUT2D eigenvalue weighted by molar-refractivity contribution is 6.31. The molecular formula is C32H45ClN8O4. The number of benzene rings is 1. The molecule has 1 aromatic carbocycles. The Hall–Kier alpha value is -3.21. The lowest BCUT2D eigenvalue weighted by atomic mass is 9.92. The van der Waals surface area contributed by atoms with E-state index in [0.717, 1.165) is 89.1 Å². The molecule has 0 bridgehead atoms. The molecule has 1 amide bonds. The molecule has 2 aliphatic heterocycles. The maximum Gasteiger partial charge on any atom is 0.274 e. The Kier molecular flexibility index (Phi) is 11.0. The number of aromatic nitrogens is 2. The van der Waals surface area contributed by atoms with Crippen molar-refractivity contribution in [3.8, 4) is 11.8 Å². The normalized spacial score (nSPS) is 21.8. The molecule has 2 aromatic rings. The number of nitrogens with one attached hydrogen (secondary N) is 2. The van der Waals surface area contributed by atoms with E-state index >= 15 is 0 Å². The van der Waals surface area contributed by atoms with Gasteiger partial charge in [-0.05, 0) is 84.3 Å². The highest BCUT2D eigenvalue weighted by Gasteiger charge is 2.29. The van der Waals surface area contributed by atoms with E-state index in [2.05, 4.69) is 36.9 Å². The lowest BCUT2D eigenvalue weighted by Crippen LogP contribution is -2.44. The monoisotopic (exact) mass is 640 g/mol. The van der Waals surface area contributed by atoms with Crippen LogP contribution in [-0.4, -0.2) is 72.1 Å². The maximum atomic E-state index is 13.6. The molecule has 0 unspecified atom stereocenters. The summed E-state index contributed by atoms with van der Waals surface area (Å²) in [5.41, 5.74) is 10.4. The molecule has 4 N–H and O–H groups in total. The Bertz CT molecular complexity index is 1340. The molecule has 1 aromatic heterocycles. The third-order valence-corrected chi connectivity index (χ3v) is 8.87. The molecule has 1 aliphatic carbocycles. The Balaban J connectivity index is 1.19. The van der Waals surface area contributed by atoms with E-state index in [1.54, 1.807) is 18.2 Å². The SMILES string of the molecule is CC(C)(C)OONC1CCN(c2cc(N3CCC(N)CC3)c(C(=O)NC3CCC(Oc4ccc(C#N)c(Cl)c4)CC3)nn2)CC1. The molecule has 0 spiro atoms. The van der Waals surface area contributed by atoms with E-state index in [9.17, 15) is 4.79 Å². The topological polar surface area (TPSA) is 151 Å². The second kappa shape index (κ2) is 14.9. The highest BCUT2D eigenvalue weighted by Crippen LogP contribution is 2.30. The molecule has 3 aliphatic rings. The number of amides is 1. The van der Waals surface area contributed by atoms with Gasteiger partial charge >= 0.3 is 0 Å². The Morgan fingerprint density at radius 1 is 0.978 bits per heavy atom. The summed E-state index contributed by atoms with van der Waals surface area (Å²) < 4.78 is 6.12. The largest absolute Gasteiger partial charge is 0.490 e. The van der Waals surface area contributed by atoms with Gasteiger partial charge in [0, 0.05) is 56.4 Å². The Morgan fingerprint density at radius 2 is 1.67 bits per heavy atom. The van der Waals surface area contributed by atoms with Gasteiger partial charge in [0.05, 0.1) is 28.0 Å². The second-order valence-corrected chi connectivity index (χ2v) is 13.6. The third kappa shape index (κ3) is 9.17. The predicted octanol–water partition coefficient (Wildman–Crippen LogP) is 4.27. The predicted molar refractivity (Wildman–Crippen MR) is 172 cm³/mol. The average Bonchev–Trinajstić information content (AvgIpc) is 3.02. The van der Waals surface area contributed by atoms with Gasteiger partial charge in [-0.3, -0.25) is 4.79 Å². The van der Waals surface area contributed by atoms with Crippen LogP contribution in [-0.2, 0) is 9.88 Å². The van der Waals surface area contributed by atoms with Gasteiger partial charge in [-0.2, -0.15) is 10.7 Å². The fraction of sp³-hybridized carbons (Fsp3) is 0.625. The van der Waals surface area contributed by atoms with Crippen LogP contribution in [0.5, 0.6) is 5.75 Å². The zero-order chi connectivity index (χ0) is 32.0. The van der Waals surface area contributed by atoms with Crippen molar-refractivity contribution in [1.82, 2.24) is 21.0 Å². The second-order valence-electron chi connectivity index (χ2n) is 13.2. The molecule has 13 heteroatoms. The van der Waals surface area contributed by atoms with Crippen LogP contribution < -0.4 is 31.1 Å². The fourth-order valence-electron chi connectivity index (χ4n) is 5.94. The highest BCUT2D eigenvalue weighted by atomic mass is 35.5. The number of rotatable bonds is 9. The summed E-state index contributed by atoms with van der Waals surface area (Å²) in [6, 6.07) is 9.55. The molecule has 0 atom stereocenters. The quantitative estimate of drug-likeness (QED) is 0.266. The van der Waals surface area contributed by atoms with E-state index in [1.165, 1.54) is 0 Å². The number of carbonyl (C=O) groups excluding carboxylic acids is 1. The third-order valence-electron chi connectivity index (χ3n) is 8.55. The molecular weight excluding hydrogens is 596 g/mol. The summed E-state index contributed by atoms with van der Waals surface area (Å²) in [7, 11) is 0. The number of halogens is 1. The average molecular weight is 641 g/mol. The summed E-state index contributed by atoms with van der Waals surface area (Å²) in [5.74, 6) is 1.21. The van der Waals surface area contributed by atoms with Crippen LogP contribution in [0, 0.1) is 11.3 Å². The van der Waals surface area contributed by atoms with Crippen LogP contribution >= 0.6 is 11.6 Å². The van der Waals surface area contributed by atoms with Crippen LogP contribution in [0.2, 0.25) is 5.02 Å². The zero-order valence-electron chi connectivity index (χ0n) is 26.4. The number of ether oxygens (including phenoxy) is 1. The molecule has 1 saturated carbocycles. The lowest BCUT2D eigenvalue weighted by molar-refractivity contribution is -0.389. The van der Waals surface area contributed by atoms with Crippen molar-refractivity contribution in [2.24, 2.45) is 5.73 Å². The van der Waals surface area contributed by atoms with Crippen molar-refractivity contribution >= 4 is 29.0 Å². The summed E-state index contributed by atoms with van der Waals surface area (Å²) in [6.45, 7) is 8.90. The summed E-state index contributed by atoms with van der Waals surface area (Å²) in [5, 5.41) is 21.7. The van der Waals surface area contributed by atoms with Gasteiger partial charge in [-0.1, -0.05) is 11.6 Å². The van der Waals surface area contributed by atoms with Crippen LogP contribution in [0.1, 0.15) is 88.2 Å². The summed E-state index contributed by atoms with van der Waals surface area (Å²) in [6.07, 6.45) is 6.62. The first-order valence-electron chi connectivity index (χ1n) is 16.0. The summed E-state index contributed by atoms with van der Waals surface area (Å²) in [4.78, 5) is 28.7. The first-order valence-corrected chi connectivity index (χ1v) is 16.4. The Labute approximate surface area is 270 Å². The van der Waals surface area contributed by atoms with Gasteiger partial charge in [0.25, 0.3) is 5.91 Å². The Morgan fingerprint density at radius 3 is 2.31 bits per heavy atom. The molecule has 12 nitrogen and oxygen atoms in total. The smallest absolute Gasteiger partial charge is 0.274 e. The van der Waals surface area contributed by atoms with E-state index < -0.39 is 0 Å². The minimum absolute atomic E-state index is 0.0158. The van der Waals surface area contributed by atoms with E-state index in [-0.39, 0.29) is 35.7 Å². The van der Waals surface area contributed by atoms with Crippen molar-refractivity contribution in [3.63, 3.8) is 0 Å². The zero-order valence-corrected chi connectivity index (χ0v) is 27.2. The first kappa shape index (κ1) is 33.2. The van der Waals surface area contributed by atoms with Crippen molar-refractivity contribution < 1.29 is 19.4 Å². The number of hydrogen-bond acceptors (Lipinski definition) is 11. The van der Waals surface area contributed by atoms with Gasteiger partial charge in [0.2, 0.25) is 0 Å². The number of anilines is 2. The summed E-state index contributed by atoms with van der Waals surface area (Å²) >= 11 is 6.17. The van der Waals surface area contributed by atoms with Crippen molar-refractivity contribution in [2.75, 3.05) is 36.0 Å². The molecule has 3 heterocycles. The molecule has 244 valence electrons. The first-order chi connectivity index (χ1) is 21.6. The standard InChI is InChI=1S/C32H45ClN8O4/c1-32(2,3)44-45-39-24-12-16-41(17-13-24)29-19-28(40-14-10-22(35)11-15-40)30(38-37-29)31(42)36-23-5-8-25(9-6-23)43-26-7-4-21(20-34)27(33)18-26/h4,7,18-19,22-25,39H,5-6,8-17,35H2,1-3H3,(H,36,42). The number of nitriles is 1. The number of carbonyl (C=O) groups is 1. The van der Waals surface area contributed by atoms with Gasteiger partial charge in [-0.25, -0.2) is 4.89 Å². The minimum Gasteiger partial charge on any atom is -0.490 e. The molecule has 0 radical (unpaired) electrons. The number of nitrogens with zero attached hydrogens (tertiary/aromatic N) is 5. The van der Waals surface area contributed by atoms with Gasteiger partial charge in [0.15, 0.2) is 11.5 Å². The van der Waals surface area contributed by atoms with Crippen LogP contribution in [0.3, 0.4) is 0 Å². The molecule has 45 heavy (non-hydrogen) atoms. The van der Waals surface area contributed by atoms with Crippen molar-refractivity contribution in [3.05, 3.63) is 40.5 Å². The number of piperidine rings is 2. The maximum absolute atomic E-state index is 13.6. The van der Waals surface area contributed by atoms with E-state index in [4.69, 9.17) is 37.2 Å². The van der Waals surface area contributed by atoms with Crippen LogP contribution in [0.25, 0.3) is 0 Å². The number of nitrogens with two attached hydrogens (primary N) is 1. The van der Waals surface area contributed by atoms with Crippen LogP contribution in [0.4, 0.5) is 11.5 Å². The van der Waals surface area contributed by atoms with Crippen molar-refractivity contribution in [2.45, 2.75) is 102 Å². The van der Waals surface area contributed by atoms with E-state index in [0.29, 0.717) is 22.0 Å².